The normalized spacial score (nSPS) is 10.7. The van der Waals surface area contributed by atoms with Crippen molar-refractivity contribution in [3.63, 3.8) is 0 Å². The molecule has 0 aliphatic rings. The Balaban J connectivity index is 2.25. The molecule has 1 amide bonds. The molecule has 0 saturated heterocycles. The average Bonchev–Trinajstić information content (AvgIpc) is 2.67. The van der Waals surface area contributed by atoms with Crippen molar-refractivity contribution in [1.29, 1.82) is 0 Å². The second-order valence-electron chi connectivity index (χ2n) is 3.40. The van der Waals surface area contributed by atoms with Crippen LogP contribution < -0.4 is 5.73 Å². The highest BCUT2D eigenvalue weighted by Gasteiger charge is 2.08. The van der Waals surface area contributed by atoms with Gasteiger partial charge < -0.3 is 5.73 Å². The summed E-state index contributed by atoms with van der Waals surface area (Å²) in [5.74, 6) is 1.72. The van der Waals surface area contributed by atoms with Crippen LogP contribution in [0.2, 0.25) is 0 Å². The van der Waals surface area contributed by atoms with Crippen molar-refractivity contribution in [1.82, 2.24) is 0 Å². The minimum absolute atomic E-state index is 0.288. The van der Waals surface area contributed by atoms with Crippen molar-refractivity contribution in [2.24, 2.45) is 5.73 Å². The van der Waals surface area contributed by atoms with Crippen molar-refractivity contribution in [2.45, 2.75) is 6.42 Å². The first-order valence-electron chi connectivity index (χ1n) is 4.77. The van der Waals surface area contributed by atoms with Crippen LogP contribution in [0.15, 0.2) is 42.2 Å². The number of hydrogen-bond donors (Lipinski definition) is 1. The molecular formula is C12H12NOP. The SMILES string of the molecule is NC(=O)c1[pH]ccc1Cc1ccccc1. The molecule has 1 unspecified atom stereocenters. The van der Waals surface area contributed by atoms with Crippen molar-refractivity contribution in [3.8, 4) is 0 Å². The third kappa shape index (κ3) is 2.28. The van der Waals surface area contributed by atoms with Crippen LogP contribution in [0.5, 0.6) is 0 Å². The van der Waals surface area contributed by atoms with E-state index >= 15 is 0 Å². The van der Waals surface area contributed by atoms with Crippen LogP contribution in [0, 0.1) is 0 Å². The third-order valence-electron chi connectivity index (χ3n) is 2.32. The van der Waals surface area contributed by atoms with Crippen LogP contribution in [0.4, 0.5) is 0 Å². The maximum atomic E-state index is 11.1. The molecule has 2 aromatic rings. The lowest BCUT2D eigenvalue weighted by molar-refractivity contribution is 0.100. The van der Waals surface area contributed by atoms with Crippen LogP contribution in [0.1, 0.15) is 21.2 Å². The largest absolute Gasteiger partial charge is 0.365 e. The lowest BCUT2D eigenvalue weighted by Gasteiger charge is -2.01. The fourth-order valence-corrected chi connectivity index (χ4v) is 2.54. The lowest BCUT2D eigenvalue weighted by Crippen LogP contribution is -2.10. The average molecular weight is 217 g/mol. The summed E-state index contributed by atoms with van der Waals surface area (Å²) in [5, 5.41) is 0.777. The van der Waals surface area contributed by atoms with Crippen molar-refractivity contribution < 1.29 is 4.79 Å². The zero-order valence-corrected chi connectivity index (χ0v) is 9.23. The molecule has 0 radical (unpaired) electrons. The Hall–Kier alpha value is -1.53. The Bertz CT molecular complexity index is 461. The molecule has 1 aromatic heterocycles. The number of benzene rings is 1. The fraction of sp³-hybridized carbons (Fsp3) is 0.0833. The van der Waals surface area contributed by atoms with Gasteiger partial charge in [-0.05, 0) is 23.3 Å². The Morgan fingerprint density at radius 3 is 2.60 bits per heavy atom. The predicted octanol–water partition coefficient (Wildman–Crippen LogP) is 2.41. The van der Waals surface area contributed by atoms with E-state index in [1.165, 1.54) is 5.56 Å². The Morgan fingerprint density at radius 1 is 1.20 bits per heavy atom. The van der Waals surface area contributed by atoms with Gasteiger partial charge in [0.05, 0.1) is 5.30 Å². The van der Waals surface area contributed by atoms with Gasteiger partial charge in [-0.3, -0.25) is 4.79 Å². The summed E-state index contributed by atoms with van der Waals surface area (Å²) in [6.07, 6.45) is 0.794. The number of rotatable bonds is 3. The minimum atomic E-state index is -0.288. The molecule has 0 spiro atoms. The van der Waals surface area contributed by atoms with E-state index in [0.29, 0.717) is 8.19 Å². The standard InChI is InChI=1S/C12H12NOP/c13-12(14)11-10(6-7-15-11)8-9-4-2-1-3-5-9/h1-7,15H,8H2,(H2,13,14). The number of amides is 1. The summed E-state index contributed by atoms with van der Waals surface area (Å²) < 4.78 is 0. The van der Waals surface area contributed by atoms with Gasteiger partial charge in [0.1, 0.15) is 0 Å². The highest BCUT2D eigenvalue weighted by molar-refractivity contribution is 7.32. The summed E-state index contributed by atoms with van der Waals surface area (Å²) in [4.78, 5) is 11.1. The summed E-state index contributed by atoms with van der Waals surface area (Å²) in [6.45, 7) is 0. The van der Waals surface area contributed by atoms with E-state index in [0.717, 1.165) is 17.3 Å². The molecular weight excluding hydrogens is 205 g/mol. The Labute approximate surface area is 90.2 Å². The molecule has 0 bridgehead atoms. The molecule has 1 heterocycles. The first-order chi connectivity index (χ1) is 7.27. The van der Waals surface area contributed by atoms with Gasteiger partial charge in [0.15, 0.2) is 0 Å². The Morgan fingerprint density at radius 2 is 1.93 bits per heavy atom. The van der Waals surface area contributed by atoms with Gasteiger partial charge in [-0.1, -0.05) is 36.4 Å². The minimum Gasteiger partial charge on any atom is -0.365 e. The zero-order chi connectivity index (χ0) is 10.7. The van der Waals surface area contributed by atoms with E-state index in [4.69, 9.17) is 5.73 Å². The van der Waals surface area contributed by atoms with Gasteiger partial charge in [0, 0.05) is 0 Å². The molecule has 76 valence electrons. The second-order valence-corrected chi connectivity index (χ2v) is 4.53. The second kappa shape index (κ2) is 4.33. The molecule has 0 aliphatic carbocycles. The maximum absolute atomic E-state index is 11.1. The predicted molar refractivity (Wildman–Crippen MR) is 63.7 cm³/mol. The number of primary amides is 1. The third-order valence-corrected chi connectivity index (χ3v) is 3.51. The van der Waals surface area contributed by atoms with Gasteiger partial charge in [0.2, 0.25) is 0 Å². The highest BCUT2D eigenvalue weighted by Crippen LogP contribution is 2.23. The summed E-state index contributed by atoms with van der Waals surface area (Å²) in [6, 6.07) is 12.1. The first kappa shape index (κ1) is 10.0. The molecule has 2 rings (SSSR count). The number of carbonyl (C=O) groups is 1. The summed E-state index contributed by atoms with van der Waals surface area (Å²) in [5.41, 5.74) is 7.58. The Kier molecular flexibility index (Phi) is 2.89. The van der Waals surface area contributed by atoms with E-state index < -0.39 is 0 Å². The van der Waals surface area contributed by atoms with Gasteiger partial charge in [-0.2, -0.15) is 0 Å². The molecule has 15 heavy (non-hydrogen) atoms. The monoisotopic (exact) mass is 217 g/mol. The quantitative estimate of drug-likeness (QED) is 0.842. The smallest absolute Gasteiger partial charge is 0.252 e. The maximum Gasteiger partial charge on any atom is 0.252 e. The van der Waals surface area contributed by atoms with Crippen LogP contribution in [0.25, 0.3) is 0 Å². The van der Waals surface area contributed by atoms with Gasteiger partial charge in [-0.15, -0.1) is 8.19 Å². The molecule has 1 atom stereocenters. The van der Waals surface area contributed by atoms with Gasteiger partial charge >= 0.3 is 0 Å². The van der Waals surface area contributed by atoms with E-state index in [2.05, 4.69) is 12.1 Å². The van der Waals surface area contributed by atoms with E-state index in [1.54, 1.807) is 0 Å². The number of hydrogen-bond acceptors (Lipinski definition) is 1. The van der Waals surface area contributed by atoms with Crippen molar-refractivity contribution >= 4 is 14.1 Å². The van der Waals surface area contributed by atoms with E-state index in [-0.39, 0.29) is 5.91 Å². The van der Waals surface area contributed by atoms with E-state index in [9.17, 15) is 4.79 Å². The lowest BCUT2D eigenvalue weighted by atomic mass is 10.1. The molecule has 3 heteroatoms. The number of carbonyl (C=O) groups excluding carboxylic acids is 1. The fourth-order valence-electron chi connectivity index (χ4n) is 1.59. The van der Waals surface area contributed by atoms with Crippen LogP contribution >= 0.6 is 8.19 Å². The summed E-state index contributed by atoms with van der Waals surface area (Å²) in [7, 11) is 0.437. The molecule has 0 saturated carbocycles. The van der Waals surface area contributed by atoms with Crippen LogP contribution in [-0.2, 0) is 6.42 Å². The topological polar surface area (TPSA) is 43.1 Å². The van der Waals surface area contributed by atoms with E-state index in [1.807, 2.05) is 30.1 Å². The first-order valence-corrected chi connectivity index (χ1v) is 5.85. The molecule has 0 fully saturated rings. The van der Waals surface area contributed by atoms with Gasteiger partial charge in [-0.25, -0.2) is 0 Å². The van der Waals surface area contributed by atoms with Crippen LogP contribution in [-0.4, -0.2) is 5.91 Å². The molecule has 2 nitrogen and oxygen atoms in total. The van der Waals surface area contributed by atoms with Gasteiger partial charge in [0.25, 0.3) is 5.91 Å². The van der Waals surface area contributed by atoms with Crippen molar-refractivity contribution in [3.05, 3.63) is 58.6 Å². The molecule has 2 N–H and O–H groups in total. The molecule has 0 aliphatic heterocycles. The van der Waals surface area contributed by atoms with Crippen molar-refractivity contribution in [2.75, 3.05) is 0 Å². The van der Waals surface area contributed by atoms with Crippen LogP contribution in [0.3, 0.4) is 0 Å². The molecule has 1 aromatic carbocycles. The zero-order valence-electron chi connectivity index (χ0n) is 8.23. The number of nitrogens with two attached hydrogens (primary N) is 1. The highest BCUT2D eigenvalue weighted by atomic mass is 31.0. The summed E-state index contributed by atoms with van der Waals surface area (Å²) >= 11 is 0.